The standard InChI is InChI=1S/C21H32N8O2.HI/c1-4-22-21(24-13-20(30)28(2)12-10-16-7-5-6-11-23-16)25-17-8-9-19-26-18(15-31-3)27-29(19)14-17;/h5-7,11,17H,4,8-10,12-15H2,1-3H3,(H2,22,24,25);1H. The largest absolute Gasteiger partial charge is 0.377 e. The fourth-order valence-corrected chi connectivity index (χ4v) is 3.40. The molecule has 1 aliphatic heterocycles. The first-order valence-electron chi connectivity index (χ1n) is 10.7. The number of hydrogen-bond donors (Lipinski definition) is 2. The molecule has 3 rings (SSSR count). The number of carbonyl (C=O) groups is 1. The first-order chi connectivity index (χ1) is 15.1. The van der Waals surface area contributed by atoms with Crippen LogP contribution in [0.2, 0.25) is 0 Å². The Morgan fingerprint density at radius 2 is 2.25 bits per heavy atom. The molecule has 1 unspecified atom stereocenters. The Morgan fingerprint density at radius 1 is 1.41 bits per heavy atom. The Hall–Kier alpha value is -2.28. The fraction of sp³-hybridized carbons (Fsp3) is 0.571. The average Bonchev–Trinajstić information content (AvgIpc) is 3.18. The maximum Gasteiger partial charge on any atom is 0.244 e. The number of aryl methyl sites for hydroxylation is 1. The van der Waals surface area contributed by atoms with Crippen LogP contribution in [0.15, 0.2) is 29.4 Å². The molecule has 10 nitrogen and oxygen atoms in total. The normalized spacial score (nSPS) is 15.5. The number of guanidine groups is 1. The molecule has 1 aliphatic rings. The van der Waals surface area contributed by atoms with Gasteiger partial charge in [-0.1, -0.05) is 6.07 Å². The topological polar surface area (TPSA) is 110 Å². The zero-order valence-electron chi connectivity index (χ0n) is 19.0. The maximum atomic E-state index is 12.5. The van der Waals surface area contributed by atoms with Gasteiger partial charge in [0.1, 0.15) is 19.0 Å². The number of methoxy groups -OCH3 is 1. The predicted octanol–water partition coefficient (Wildman–Crippen LogP) is 1.01. The van der Waals surface area contributed by atoms with Crippen molar-refractivity contribution in [3.8, 4) is 0 Å². The van der Waals surface area contributed by atoms with Gasteiger partial charge in [0.25, 0.3) is 0 Å². The average molecular weight is 556 g/mol. The van der Waals surface area contributed by atoms with Crippen molar-refractivity contribution in [3.63, 3.8) is 0 Å². The summed E-state index contributed by atoms with van der Waals surface area (Å²) in [4.78, 5) is 27.5. The van der Waals surface area contributed by atoms with Crippen LogP contribution in [0.3, 0.4) is 0 Å². The van der Waals surface area contributed by atoms with Crippen LogP contribution >= 0.6 is 24.0 Å². The molecule has 2 aromatic rings. The number of rotatable bonds is 9. The predicted molar refractivity (Wildman–Crippen MR) is 133 cm³/mol. The summed E-state index contributed by atoms with van der Waals surface area (Å²) < 4.78 is 7.05. The van der Waals surface area contributed by atoms with Crippen molar-refractivity contribution in [2.75, 3.05) is 33.8 Å². The molecule has 0 saturated heterocycles. The molecule has 3 heterocycles. The minimum atomic E-state index is -0.0282. The van der Waals surface area contributed by atoms with Gasteiger partial charge < -0.3 is 20.3 Å². The van der Waals surface area contributed by atoms with E-state index in [-0.39, 0.29) is 42.5 Å². The van der Waals surface area contributed by atoms with Gasteiger partial charge in [-0.05, 0) is 25.5 Å². The van der Waals surface area contributed by atoms with Gasteiger partial charge >= 0.3 is 0 Å². The summed E-state index contributed by atoms with van der Waals surface area (Å²) in [5.41, 5.74) is 0.971. The van der Waals surface area contributed by atoms with Crippen LogP contribution in [0.25, 0.3) is 0 Å². The van der Waals surface area contributed by atoms with Gasteiger partial charge in [-0.25, -0.2) is 14.7 Å². The van der Waals surface area contributed by atoms with Gasteiger partial charge in [0.15, 0.2) is 11.8 Å². The third-order valence-electron chi connectivity index (χ3n) is 5.09. The Bertz CT molecular complexity index is 874. The number of hydrogen-bond acceptors (Lipinski definition) is 6. The van der Waals surface area contributed by atoms with Crippen LogP contribution in [0.1, 0.15) is 30.7 Å². The molecule has 0 saturated carbocycles. The molecule has 0 aromatic carbocycles. The molecule has 2 aromatic heterocycles. The summed E-state index contributed by atoms with van der Waals surface area (Å²) in [6.45, 7) is 4.54. The lowest BCUT2D eigenvalue weighted by Crippen LogP contribution is -2.47. The van der Waals surface area contributed by atoms with Gasteiger partial charge in [0.05, 0.1) is 6.54 Å². The molecule has 11 heteroatoms. The van der Waals surface area contributed by atoms with Gasteiger partial charge in [-0.3, -0.25) is 9.78 Å². The number of halogens is 1. The Labute approximate surface area is 206 Å². The van der Waals surface area contributed by atoms with Crippen LogP contribution in [-0.4, -0.2) is 76.3 Å². The third-order valence-corrected chi connectivity index (χ3v) is 5.09. The van der Waals surface area contributed by atoms with Gasteiger partial charge in [0, 0.05) is 58.0 Å². The van der Waals surface area contributed by atoms with Crippen molar-refractivity contribution < 1.29 is 9.53 Å². The van der Waals surface area contributed by atoms with E-state index in [1.807, 2.05) is 29.8 Å². The molecule has 0 radical (unpaired) electrons. The Balaban J connectivity index is 0.00000363. The van der Waals surface area contributed by atoms with Crippen LogP contribution in [0, 0.1) is 0 Å². The van der Waals surface area contributed by atoms with E-state index in [1.54, 1.807) is 25.3 Å². The van der Waals surface area contributed by atoms with Crippen molar-refractivity contribution in [2.45, 2.75) is 45.4 Å². The number of pyridine rings is 1. The molecule has 0 bridgehead atoms. The number of aromatic nitrogens is 4. The molecule has 0 aliphatic carbocycles. The highest BCUT2D eigenvalue weighted by molar-refractivity contribution is 14.0. The number of carbonyl (C=O) groups excluding carboxylic acids is 1. The van der Waals surface area contributed by atoms with E-state index in [0.717, 1.165) is 37.3 Å². The molecular formula is C21H33IN8O2. The number of nitrogens with one attached hydrogen (secondary N) is 2. The molecule has 32 heavy (non-hydrogen) atoms. The minimum absolute atomic E-state index is 0. The summed E-state index contributed by atoms with van der Waals surface area (Å²) in [5.74, 6) is 2.30. The van der Waals surface area contributed by atoms with E-state index < -0.39 is 0 Å². The quantitative estimate of drug-likeness (QED) is 0.270. The highest BCUT2D eigenvalue weighted by Gasteiger charge is 2.22. The summed E-state index contributed by atoms with van der Waals surface area (Å²) in [6, 6.07) is 5.97. The molecule has 2 N–H and O–H groups in total. The number of nitrogens with zero attached hydrogens (tertiary/aromatic N) is 6. The monoisotopic (exact) mass is 556 g/mol. The maximum absolute atomic E-state index is 12.5. The molecule has 0 spiro atoms. The third kappa shape index (κ3) is 7.69. The SMILES string of the molecule is CCNC(=NCC(=O)N(C)CCc1ccccn1)NC1CCc2nc(COC)nn2C1.I. The van der Waals surface area contributed by atoms with E-state index >= 15 is 0 Å². The van der Waals surface area contributed by atoms with E-state index in [0.29, 0.717) is 31.5 Å². The summed E-state index contributed by atoms with van der Waals surface area (Å²) >= 11 is 0. The smallest absolute Gasteiger partial charge is 0.244 e. The summed E-state index contributed by atoms with van der Waals surface area (Å²) in [7, 11) is 3.44. The van der Waals surface area contributed by atoms with Crippen molar-refractivity contribution in [1.82, 2.24) is 35.3 Å². The van der Waals surface area contributed by atoms with Crippen molar-refractivity contribution in [3.05, 3.63) is 41.7 Å². The molecule has 0 fully saturated rings. The minimum Gasteiger partial charge on any atom is -0.377 e. The summed E-state index contributed by atoms with van der Waals surface area (Å²) in [6.07, 6.45) is 4.25. The van der Waals surface area contributed by atoms with E-state index in [9.17, 15) is 4.79 Å². The number of amides is 1. The number of likely N-dealkylation sites (N-methyl/N-ethyl adjacent to an activating group) is 1. The molecule has 1 atom stereocenters. The lowest BCUT2D eigenvalue weighted by molar-refractivity contribution is -0.128. The highest BCUT2D eigenvalue weighted by Crippen LogP contribution is 2.13. The van der Waals surface area contributed by atoms with Crippen molar-refractivity contribution in [1.29, 1.82) is 0 Å². The Morgan fingerprint density at radius 3 is 2.97 bits per heavy atom. The van der Waals surface area contributed by atoms with Crippen molar-refractivity contribution in [2.24, 2.45) is 4.99 Å². The van der Waals surface area contributed by atoms with E-state index in [2.05, 4.69) is 30.7 Å². The van der Waals surface area contributed by atoms with Crippen LogP contribution < -0.4 is 10.6 Å². The first kappa shape index (κ1) is 26.0. The second kappa shape index (κ2) is 13.3. The molecule has 1 amide bonds. The van der Waals surface area contributed by atoms with Gasteiger partial charge in [-0.15, -0.1) is 24.0 Å². The highest BCUT2D eigenvalue weighted by atomic mass is 127. The second-order valence-corrected chi connectivity index (χ2v) is 7.52. The van der Waals surface area contributed by atoms with E-state index in [1.165, 1.54) is 0 Å². The van der Waals surface area contributed by atoms with Crippen LogP contribution in [-0.2, 0) is 35.5 Å². The zero-order chi connectivity index (χ0) is 22.1. The summed E-state index contributed by atoms with van der Waals surface area (Å²) in [5, 5.41) is 11.2. The number of ether oxygens (including phenoxy) is 1. The number of aliphatic imine (C=N–C) groups is 1. The Kier molecular flexibility index (Phi) is 10.8. The van der Waals surface area contributed by atoms with Gasteiger partial charge in [-0.2, -0.15) is 5.10 Å². The zero-order valence-corrected chi connectivity index (χ0v) is 21.3. The second-order valence-electron chi connectivity index (χ2n) is 7.52. The van der Waals surface area contributed by atoms with Crippen molar-refractivity contribution >= 4 is 35.8 Å². The molecular weight excluding hydrogens is 523 g/mol. The lowest BCUT2D eigenvalue weighted by atomic mass is 10.1. The lowest BCUT2D eigenvalue weighted by Gasteiger charge is -2.25. The van der Waals surface area contributed by atoms with Gasteiger partial charge in [0.2, 0.25) is 5.91 Å². The van der Waals surface area contributed by atoms with Crippen LogP contribution in [0.4, 0.5) is 0 Å². The van der Waals surface area contributed by atoms with E-state index in [4.69, 9.17) is 4.74 Å². The first-order valence-corrected chi connectivity index (χ1v) is 10.7. The van der Waals surface area contributed by atoms with Crippen LogP contribution in [0.5, 0.6) is 0 Å². The molecule has 176 valence electrons. The fourth-order valence-electron chi connectivity index (χ4n) is 3.40. The number of fused-ring (bicyclic) bond motifs is 1.